The maximum atomic E-state index is 5.94. The van der Waals surface area contributed by atoms with Gasteiger partial charge in [-0.15, -0.1) is 0 Å². The fourth-order valence-electron chi connectivity index (χ4n) is 2.19. The highest BCUT2D eigenvalue weighted by Gasteiger charge is 2.28. The summed E-state index contributed by atoms with van der Waals surface area (Å²) in [7, 11) is 1.67. The molecule has 1 saturated heterocycles. The number of methoxy groups -OCH3 is 1. The van der Waals surface area contributed by atoms with E-state index >= 15 is 0 Å². The number of hydrogen-bond donors (Lipinski definition) is 1. The lowest BCUT2D eigenvalue weighted by Gasteiger charge is -2.36. The molecule has 1 aliphatic rings. The van der Waals surface area contributed by atoms with Gasteiger partial charge in [-0.2, -0.15) is 0 Å². The second kappa shape index (κ2) is 6.37. The molecule has 1 heterocycles. The summed E-state index contributed by atoms with van der Waals surface area (Å²) < 4.78 is 16.8. The zero-order chi connectivity index (χ0) is 13.7. The molecule has 4 nitrogen and oxygen atoms in total. The summed E-state index contributed by atoms with van der Waals surface area (Å²) in [6.45, 7) is 7.14. The molecular formula is C15H23NO3. The van der Waals surface area contributed by atoms with Crippen molar-refractivity contribution >= 4 is 0 Å². The van der Waals surface area contributed by atoms with E-state index in [1.54, 1.807) is 7.11 Å². The van der Waals surface area contributed by atoms with Gasteiger partial charge in [0.25, 0.3) is 0 Å². The third-order valence-electron chi connectivity index (χ3n) is 3.14. The van der Waals surface area contributed by atoms with Crippen LogP contribution in [0.5, 0.6) is 5.75 Å². The van der Waals surface area contributed by atoms with E-state index in [-0.39, 0.29) is 11.7 Å². The van der Waals surface area contributed by atoms with Gasteiger partial charge in [-0.25, -0.2) is 0 Å². The lowest BCUT2D eigenvalue weighted by molar-refractivity contribution is -0.122. The van der Waals surface area contributed by atoms with Gasteiger partial charge in [0.05, 0.1) is 32.0 Å². The predicted octanol–water partition coefficient (Wildman–Crippen LogP) is 1.98. The Bertz CT molecular complexity index is 389. The molecule has 1 aromatic rings. The van der Waals surface area contributed by atoms with Gasteiger partial charge in [0, 0.05) is 13.1 Å². The van der Waals surface area contributed by atoms with Crippen LogP contribution in [0.1, 0.15) is 19.4 Å². The third-order valence-corrected chi connectivity index (χ3v) is 3.14. The van der Waals surface area contributed by atoms with Crippen molar-refractivity contribution in [1.29, 1.82) is 0 Å². The second-order valence-electron chi connectivity index (χ2n) is 5.49. The minimum absolute atomic E-state index is 0.105. The Morgan fingerprint density at radius 3 is 2.68 bits per heavy atom. The molecular weight excluding hydrogens is 242 g/mol. The van der Waals surface area contributed by atoms with Crippen LogP contribution in [-0.4, -0.2) is 38.5 Å². The van der Waals surface area contributed by atoms with Crippen molar-refractivity contribution < 1.29 is 14.2 Å². The van der Waals surface area contributed by atoms with Crippen LogP contribution in [0, 0.1) is 0 Å². The second-order valence-corrected chi connectivity index (χ2v) is 5.49. The molecule has 106 valence electrons. The number of rotatable bonds is 5. The minimum Gasteiger partial charge on any atom is -0.497 e. The van der Waals surface area contributed by atoms with Gasteiger partial charge in [0.15, 0.2) is 0 Å². The summed E-state index contributed by atoms with van der Waals surface area (Å²) >= 11 is 0. The maximum Gasteiger partial charge on any atom is 0.118 e. The number of ether oxygens (including phenoxy) is 3. The summed E-state index contributed by atoms with van der Waals surface area (Å²) in [4.78, 5) is 0. The van der Waals surface area contributed by atoms with Crippen LogP contribution in [-0.2, 0) is 16.1 Å². The highest BCUT2D eigenvalue weighted by molar-refractivity contribution is 5.26. The molecule has 1 aromatic carbocycles. The van der Waals surface area contributed by atoms with Crippen LogP contribution < -0.4 is 10.1 Å². The van der Waals surface area contributed by atoms with E-state index in [4.69, 9.17) is 14.2 Å². The molecule has 0 aliphatic carbocycles. The van der Waals surface area contributed by atoms with Gasteiger partial charge in [0.2, 0.25) is 0 Å². The Morgan fingerprint density at radius 1 is 1.32 bits per heavy atom. The van der Waals surface area contributed by atoms with E-state index < -0.39 is 0 Å². The summed E-state index contributed by atoms with van der Waals surface area (Å²) in [5.41, 5.74) is 1.04. The Labute approximate surface area is 115 Å². The van der Waals surface area contributed by atoms with Crippen LogP contribution >= 0.6 is 0 Å². The average Bonchev–Trinajstić information content (AvgIpc) is 2.38. The molecule has 19 heavy (non-hydrogen) atoms. The Balaban J connectivity index is 1.73. The number of morpholine rings is 1. The van der Waals surface area contributed by atoms with Crippen LogP contribution in [0.3, 0.4) is 0 Å². The number of benzene rings is 1. The van der Waals surface area contributed by atoms with Crippen molar-refractivity contribution in [1.82, 2.24) is 5.32 Å². The zero-order valence-electron chi connectivity index (χ0n) is 11.9. The Hall–Kier alpha value is -1.10. The molecule has 1 aliphatic heterocycles. The number of nitrogens with one attached hydrogen (secondary N) is 1. The molecule has 0 radical (unpaired) electrons. The van der Waals surface area contributed by atoms with Gasteiger partial charge in [-0.1, -0.05) is 12.1 Å². The first-order valence-corrected chi connectivity index (χ1v) is 6.68. The first kappa shape index (κ1) is 14.3. The fourth-order valence-corrected chi connectivity index (χ4v) is 2.19. The normalized spacial score (nSPS) is 22.2. The van der Waals surface area contributed by atoms with Gasteiger partial charge < -0.3 is 19.5 Å². The molecule has 1 N–H and O–H groups in total. The lowest BCUT2D eigenvalue weighted by Crippen LogP contribution is -2.51. The lowest BCUT2D eigenvalue weighted by atomic mass is 10.1. The van der Waals surface area contributed by atoms with Crippen LogP contribution in [0.15, 0.2) is 24.3 Å². The third kappa shape index (κ3) is 4.49. The quantitative estimate of drug-likeness (QED) is 0.883. The van der Waals surface area contributed by atoms with Gasteiger partial charge >= 0.3 is 0 Å². The molecule has 0 aromatic heterocycles. The van der Waals surface area contributed by atoms with Crippen molar-refractivity contribution in [2.75, 3.05) is 26.8 Å². The highest BCUT2D eigenvalue weighted by atomic mass is 16.5. The van der Waals surface area contributed by atoms with Crippen molar-refractivity contribution in [2.24, 2.45) is 0 Å². The summed E-state index contributed by atoms with van der Waals surface area (Å²) in [5.74, 6) is 0.866. The van der Waals surface area contributed by atoms with E-state index in [1.165, 1.54) is 0 Å². The van der Waals surface area contributed by atoms with Gasteiger partial charge in [-0.05, 0) is 31.5 Å². The topological polar surface area (TPSA) is 39.7 Å². The average molecular weight is 265 g/mol. The van der Waals surface area contributed by atoms with E-state index in [0.717, 1.165) is 24.4 Å². The predicted molar refractivity (Wildman–Crippen MR) is 74.5 cm³/mol. The van der Waals surface area contributed by atoms with E-state index in [2.05, 4.69) is 19.2 Å². The zero-order valence-corrected chi connectivity index (χ0v) is 11.9. The van der Waals surface area contributed by atoms with Gasteiger partial charge in [0.1, 0.15) is 5.75 Å². The first-order valence-electron chi connectivity index (χ1n) is 6.68. The molecule has 0 bridgehead atoms. The fraction of sp³-hybridized carbons (Fsp3) is 0.600. The molecule has 1 atom stereocenters. The van der Waals surface area contributed by atoms with Crippen LogP contribution in [0.2, 0.25) is 0 Å². The molecule has 4 heteroatoms. The number of hydrogen-bond acceptors (Lipinski definition) is 4. The van der Waals surface area contributed by atoms with Crippen molar-refractivity contribution in [3.8, 4) is 5.75 Å². The van der Waals surface area contributed by atoms with E-state index in [9.17, 15) is 0 Å². The Morgan fingerprint density at radius 2 is 2.05 bits per heavy atom. The monoisotopic (exact) mass is 265 g/mol. The molecule has 1 fully saturated rings. The van der Waals surface area contributed by atoms with Crippen molar-refractivity contribution in [3.63, 3.8) is 0 Å². The maximum absolute atomic E-state index is 5.94. The van der Waals surface area contributed by atoms with Crippen molar-refractivity contribution in [2.45, 2.75) is 32.2 Å². The van der Waals surface area contributed by atoms with E-state index in [1.807, 2.05) is 24.3 Å². The molecule has 0 amide bonds. The van der Waals surface area contributed by atoms with Crippen molar-refractivity contribution in [3.05, 3.63) is 29.8 Å². The standard InChI is InChI=1S/C15H23NO3/c1-15(2)11-16-8-14(19-15)10-18-9-12-4-6-13(17-3)7-5-12/h4-7,14,16H,8-11H2,1-3H3. The highest BCUT2D eigenvalue weighted by Crippen LogP contribution is 2.16. The smallest absolute Gasteiger partial charge is 0.118 e. The van der Waals surface area contributed by atoms with Crippen LogP contribution in [0.4, 0.5) is 0 Å². The van der Waals surface area contributed by atoms with Crippen LogP contribution in [0.25, 0.3) is 0 Å². The van der Waals surface area contributed by atoms with Gasteiger partial charge in [-0.3, -0.25) is 0 Å². The first-order chi connectivity index (χ1) is 9.09. The van der Waals surface area contributed by atoms with E-state index in [0.29, 0.717) is 13.2 Å². The molecule has 0 saturated carbocycles. The molecule has 0 spiro atoms. The summed E-state index contributed by atoms with van der Waals surface area (Å²) in [6.07, 6.45) is 0.127. The Kier molecular flexibility index (Phi) is 4.80. The SMILES string of the molecule is COc1ccc(COCC2CNCC(C)(C)O2)cc1. The summed E-state index contributed by atoms with van der Waals surface area (Å²) in [5, 5.41) is 3.37. The molecule has 2 rings (SSSR count). The minimum atomic E-state index is -0.105. The molecule has 1 unspecified atom stereocenters. The summed E-state index contributed by atoms with van der Waals surface area (Å²) in [6, 6.07) is 7.92. The largest absolute Gasteiger partial charge is 0.497 e.